The lowest BCUT2D eigenvalue weighted by molar-refractivity contribution is -0.121. The van der Waals surface area contributed by atoms with E-state index in [1.807, 2.05) is 5.38 Å². The highest BCUT2D eigenvalue weighted by Gasteiger charge is 2.32. The first-order valence-electron chi connectivity index (χ1n) is 10.5. The van der Waals surface area contributed by atoms with E-state index in [9.17, 15) is 9.59 Å². The van der Waals surface area contributed by atoms with Gasteiger partial charge in [-0.15, -0.1) is 11.3 Å². The van der Waals surface area contributed by atoms with E-state index >= 15 is 0 Å². The van der Waals surface area contributed by atoms with Gasteiger partial charge in [-0.2, -0.15) is 0 Å². The molecule has 0 aliphatic heterocycles. The predicted octanol–water partition coefficient (Wildman–Crippen LogP) is 4.76. The number of amides is 2. The minimum Gasteiger partial charge on any atom is -0.497 e. The van der Waals surface area contributed by atoms with E-state index in [0.717, 1.165) is 34.3 Å². The van der Waals surface area contributed by atoms with E-state index in [2.05, 4.69) is 36.4 Å². The van der Waals surface area contributed by atoms with Crippen molar-refractivity contribution in [3.63, 3.8) is 0 Å². The molecule has 2 aromatic rings. The van der Waals surface area contributed by atoms with Crippen molar-refractivity contribution >= 4 is 40.6 Å². The van der Waals surface area contributed by atoms with Crippen molar-refractivity contribution in [3.8, 4) is 5.75 Å². The number of ether oxygens (including phenoxy) is 1. The molecule has 8 heteroatoms. The summed E-state index contributed by atoms with van der Waals surface area (Å²) in [5, 5.41) is 7.95. The van der Waals surface area contributed by atoms with Crippen molar-refractivity contribution in [3.05, 3.63) is 35.3 Å². The third-order valence-corrected chi connectivity index (χ3v) is 7.39. The van der Waals surface area contributed by atoms with Gasteiger partial charge >= 0.3 is 0 Å². The summed E-state index contributed by atoms with van der Waals surface area (Å²) >= 11 is 2.84. The second-order valence-electron chi connectivity index (χ2n) is 9.02. The number of nitrogens with one attached hydrogen (secondary N) is 2. The maximum absolute atomic E-state index is 12.5. The van der Waals surface area contributed by atoms with Gasteiger partial charge in [0.15, 0.2) is 4.34 Å². The Bertz CT molecular complexity index is 896. The molecule has 31 heavy (non-hydrogen) atoms. The van der Waals surface area contributed by atoms with Crippen molar-refractivity contribution in [2.45, 2.75) is 56.8 Å². The molecule has 0 radical (unpaired) electrons. The van der Waals surface area contributed by atoms with Crippen LogP contribution in [-0.4, -0.2) is 35.7 Å². The van der Waals surface area contributed by atoms with Crippen LogP contribution in [0, 0.1) is 11.3 Å². The van der Waals surface area contributed by atoms with Crippen LogP contribution in [0.3, 0.4) is 0 Å². The lowest BCUT2D eigenvalue weighted by Crippen LogP contribution is -2.43. The van der Waals surface area contributed by atoms with Crippen molar-refractivity contribution in [2.24, 2.45) is 11.3 Å². The summed E-state index contributed by atoms with van der Waals surface area (Å²) in [6.45, 7) is 6.81. The van der Waals surface area contributed by atoms with Crippen LogP contribution in [0.2, 0.25) is 0 Å². The summed E-state index contributed by atoms with van der Waals surface area (Å²) in [5.41, 5.74) is 1.75. The zero-order valence-electron chi connectivity index (χ0n) is 18.6. The molecule has 1 aliphatic carbocycles. The van der Waals surface area contributed by atoms with Gasteiger partial charge in [0.2, 0.25) is 11.8 Å². The standard InChI is InChI=1S/C23H31N3O3S2/c1-15-9-17(12-23(2,3)11-15)25-20(27)10-18-13-30-22(26-18)31-14-21(28)24-16-5-7-19(29-4)8-6-16/h5-8,13,15,17H,9-12,14H2,1-4H3,(H,24,28)(H,25,27). The number of thiazole rings is 1. The van der Waals surface area contributed by atoms with Gasteiger partial charge in [-0.05, 0) is 54.9 Å². The molecular weight excluding hydrogens is 430 g/mol. The summed E-state index contributed by atoms with van der Waals surface area (Å²) in [5.74, 6) is 1.56. The average Bonchev–Trinajstić information content (AvgIpc) is 3.12. The maximum Gasteiger partial charge on any atom is 0.234 e. The molecular formula is C23H31N3O3S2. The Morgan fingerprint density at radius 2 is 1.97 bits per heavy atom. The van der Waals surface area contributed by atoms with Crippen LogP contribution in [0.4, 0.5) is 5.69 Å². The van der Waals surface area contributed by atoms with Gasteiger partial charge in [0, 0.05) is 17.1 Å². The SMILES string of the molecule is COc1ccc(NC(=O)CSc2nc(CC(=O)NC3CC(C)CC(C)(C)C3)cs2)cc1. The Morgan fingerprint density at radius 3 is 2.65 bits per heavy atom. The van der Waals surface area contributed by atoms with Gasteiger partial charge in [-0.25, -0.2) is 4.98 Å². The molecule has 6 nitrogen and oxygen atoms in total. The zero-order valence-corrected chi connectivity index (χ0v) is 20.2. The number of hydrogen-bond acceptors (Lipinski definition) is 6. The van der Waals surface area contributed by atoms with Crippen LogP contribution in [0.1, 0.15) is 45.7 Å². The number of carbonyl (C=O) groups is 2. The van der Waals surface area contributed by atoms with E-state index in [1.165, 1.54) is 29.5 Å². The third-order valence-electron chi connectivity index (χ3n) is 5.32. The molecule has 1 aromatic heterocycles. The van der Waals surface area contributed by atoms with Crippen molar-refractivity contribution < 1.29 is 14.3 Å². The molecule has 1 aliphatic rings. The first-order valence-corrected chi connectivity index (χ1v) is 12.4. The molecule has 3 rings (SSSR count). The molecule has 1 fully saturated rings. The van der Waals surface area contributed by atoms with Gasteiger partial charge in [-0.3, -0.25) is 9.59 Å². The summed E-state index contributed by atoms with van der Waals surface area (Å²) in [6.07, 6.45) is 3.54. The highest BCUT2D eigenvalue weighted by atomic mass is 32.2. The van der Waals surface area contributed by atoms with Gasteiger partial charge in [-0.1, -0.05) is 32.5 Å². The van der Waals surface area contributed by atoms with Gasteiger partial charge in [0.1, 0.15) is 5.75 Å². The molecule has 0 saturated heterocycles. The van der Waals surface area contributed by atoms with Crippen molar-refractivity contribution in [2.75, 3.05) is 18.2 Å². The highest BCUT2D eigenvalue weighted by molar-refractivity contribution is 8.01. The van der Waals surface area contributed by atoms with Crippen LogP contribution < -0.4 is 15.4 Å². The largest absolute Gasteiger partial charge is 0.497 e. The predicted molar refractivity (Wildman–Crippen MR) is 127 cm³/mol. The Balaban J connectivity index is 1.43. The Hall–Kier alpha value is -2.06. The third kappa shape index (κ3) is 7.54. The number of nitrogens with zero attached hydrogens (tertiary/aromatic N) is 1. The molecule has 2 unspecified atom stereocenters. The molecule has 1 heterocycles. The van der Waals surface area contributed by atoms with Crippen LogP contribution >= 0.6 is 23.1 Å². The minimum absolute atomic E-state index is 0.0222. The molecule has 0 spiro atoms. The number of aromatic nitrogens is 1. The number of thioether (sulfide) groups is 1. The smallest absolute Gasteiger partial charge is 0.234 e. The van der Waals surface area contributed by atoms with E-state index in [1.54, 1.807) is 31.4 Å². The number of hydrogen-bond donors (Lipinski definition) is 2. The second-order valence-corrected chi connectivity index (χ2v) is 11.1. The van der Waals surface area contributed by atoms with E-state index in [-0.39, 0.29) is 35.4 Å². The Labute approximate surface area is 192 Å². The molecule has 2 N–H and O–H groups in total. The van der Waals surface area contributed by atoms with Gasteiger partial charge in [0.25, 0.3) is 0 Å². The highest BCUT2D eigenvalue weighted by Crippen LogP contribution is 2.38. The maximum atomic E-state index is 12.5. The normalized spacial score (nSPS) is 20.1. The van der Waals surface area contributed by atoms with Gasteiger partial charge < -0.3 is 15.4 Å². The monoisotopic (exact) mass is 461 g/mol. The molecule has 168 valence electrons. The molecule has 1 aromatic carbocycles. The first-order chi connectivity index (χ1) is 14.7. The first kappa shape index (κ1) is 23.6. The lowest BCUT2D eigenvalue weighted by atomic mass is 9.70. The van der Waals surface area contributed by atoms with E-state index in [0.29, 0.717) is 5.92 Å². The van der Waals surface area contributed by atoms with Gasteiger partial charge in [0.05, 0.1) is 25.0 Å². The van der Waals surface area contributed by atoms with E-state index in [4.69, 9.17) is 4.74 Å². The minimum atomic E-state index is -0.0984. The quantitative estimate of drug-likeness (QED) is 0.554. The van der Waals surface area contributed by atoms with Crippen molar-refractivity contribution in [1.82, 2.24) is 10.3 Å². The summed E-state index contributed by atoms with van der Waals surface area (Å²) in [7, 11) is 1.60. The summed E-state index contributed by atoms with van der Waals surface area (Å²) in [4.78, 5) is 29.2. The van der Waals surface area contributed by atoms with Crippen LogP contribution in [0.25, 0.3) is 0 Å². The number of benzene rings is 1. The molecule has 2 amide bonds. The fraction of sp³-hybridized carbons (Fsp3) is 0.522. The Kier molecular flexibility index (Phi) is 8.00. The number of carbonyl (C=O) groups excluding carboxylic acids is 2. The second kappa shape index (κ2) is 10.5. The fourth-order valence-corrected chi connectivity index (χ4v) is 5.98. The fourth-order valence-electron chi connectivity index (χ4n) is 4.33. The lowest BCUT2D eigenvalue weighted by Gasteiger charge is -2.39. The number of anilines is 1. The Morgan fingerprint density at radius 1 is 1.23 bits per heavy atom. The van der Waals surface area contributed by atoms with E-state index < -0.39 is 0 Å². The summed E-state index contributed by atoms with van der Waals surface area (Å²) < 4.78 is 5.90. The number of methoxy groups -OCH3 is 1. The topological polar surface area (TPSA) is 80.3 Å². The van der Waals surface area contributed by atoms with Crippen LogP contribution in [-0.2, 0) is 16.0 Å². The van der Waals surface area contributed by atoms with Crippen molar-refractivity contribution in [1.29, 1.82) is 0 Å². The van der Waals surface area contributed by atoms with Crippen LogP contribution in [0.15, 0.2) is 34.0 Å². The van der Waals surface area contributed by atoms with Crippen LogP contribution in [0.5, 0.6) is 5.75 Å². The average molecular weight is 462 g/mol. The molecule has 1 saturated carbocycles. The zero-order chi connectivity index (χ0) is 22.4. The molecule has 0 bridgehead atoms. The number of rotatable bonds is 8. The summed E-state index contributed by atoms with van der Waals surface area (Å²) in [6, 6.07) is 7.44. The molecule has 2 atom stereocenters.